The van der Waals surface area contributed by atoms with Gasteiger partial charge in [0.2, 0.25) is 0 Å². The molecule has 9 heteroatoms. The van der Waals surface area contributed by atoms with E-state index in [1.54, 1.807) is 30.9 Å². The molecule has 0 aromatic rings. The second-order valence-electron chi connectivity index (χ2n) is 7.01. The molecule has 1 aliphatic carbocycles. The molecule has 5 nitrogen and oxygen atoms in total. The van der Waals surface area contributed by atoms with Crippen LogP contribution >= 0.6 is 0 Å². The fourth-order valence-corrected chi connectivity index (χ4v) is 4.61. The molecule has 1 fully saturated rings. The van der Waals surface area contributed by atoms with E-state index in [1.165, 1.54) is 0 Å². The molecule has 0 N–H and O–H groups in total. The van der Waals surface area contributed by atoms with Gasteiger partial charge in [-0.2, -0.15) is 23.7 Å². The van der Waals surface area contributed by atoms with E-state index in [2.05, 4.69) is 0 Å². The van der Waals surface area contributed by atoms with Crippen LogP contribution in [0.5, 0.6) is 0 Å². The quantitative estimate of drug-likeness (QED) is 0.693. The molecule has 1 heterocycles. The predicted molar refractivity (Wildman–Crippen MR) is 84.1 cm³/mol. The lowest BCUT2D eigenvalue weighted by Gasteiger charge is -2.38. The van der Waals surface area contributed by atoms with E-state index < -0.39 is 31.2 Å². The van der Waals surface area contributed by atoms with Gasteiger partial charge in [0.05, 0.1) is 0 Å². The van der Waals surface area contributed by atoms with Crippen LogP contribution in [-0.4, -0.2) is 31.9 Å². The maximum Gasteiger partial charge on any atom is 0.501 e. The molecule has 0 aromatic heterocycles. The molecule has 0 spiro atoms. The van der Waals surface area contributed by atoms with Gasteiger partial charge in [-0.05, 0) is 31.1 Å². The summed E-state index contributed by atoms with van der Waals surface area (Å²) in [6, 6.07) is 3.12. The van der Waals surface area contributed by atoms with Crippen LogP contribution < -0.4 is 0 Å². The Hall–Kier alpha value is -2.00. The minimum Gasteiger partial charge on any atom is -0.374 e. The summed E-state index contributed by atoms with van der Waals surface area (Å²) in [5.74, 6) is 0. The highest BCUT2D eigenvalue weighted by atomic mass is 32.2. The van der Waals surface area contributed by atoms with Gasteiger partial charge in [0.15, 0.2) is 0 Å². The van der Waals surface area contributed by atoms with E-state index in [1.807, 2.05) is 0 Å². The first-order chi connectivity index (χ1) is 11.4. The summed E-state index contributed by atoms with van der Waals surface area (Å²) in [6.45, 7) is 4.49. The van der Waals surface area contributed by atoms with Crippen LogP contribution in [0, 0.1) is 28.1 Å². The largest absolute Gasteiger partial charge is 0.501 e. The van der Waals surface area contributed by atoms with Crippen LogP contribution in [0.2, 0.25) is 0 Å². The zero-order valence-electron chi connectivity index (χ0n) is 13.9. The van der Waals surface area contributed by atoms with Crippen LogP contribution in [0.15, 0.2) is 21.7 Å². The number of nitrogens with zero attached hydrogens (tertiary/aromatic N) is 3. The lowest BCUT2D eigenvalue weighted by Crippen LogP contribution is -2.36. The number of halogens is 3. The van der Waals surface area contributed by atoms with Gasteiger partial charge in [0.1, 0.15) is 22.6 Å². The number of allylic oxidation sites excluding steroid dienone is 3. The van der Waals surface area contributed by atoms with Crippen LogP contribution in [0.25, 0.3) is 0 Å². The Morgan fingerprint density at radius 3 is 2.08 bits per heavy atom. The fraction of sp³-hybridized carbons (Fsp3) is 0.625. The van der Waals surface area contributed by atoms with Crippen molar-refractivity contribution in [3.05, 3.63) is 21.7 Å². The van der Waals surface area contributed by atoms with Gasteiger partial charge in [-0.15, -0.1) is 0 Å². The van der Waals surface area contributed by atoms with Crippen molar-refractivity contribution in [2.45, 2.75) is 45.0 Å². The summed E-state index contributed by atoms with van der Waals surface area (Å²) in [4.78, 5) is 0.755. The van der Waals surface area contributed by atoms with E-state index in [9.17, 15) is 21.6 Å². The Kier molecular flexibility index (Phi) is 4.93. The van der Waals surface area contributed by atoms with E-state index in [0.29, 0.717) is 13.1 Å². The molecule has 0 radical (unpaired) electrons. The third-order valence-electron chi connectivity index (χ3n) is 4.42. The normalized spacial score (nSPS) is 21.1. The number of alkyl halides is 3. The third kappa shape index (κ3) is 3.52. The highest BCUT2D eigenvalue weighted by molar-refractivity contribution is 7.96. The summed E-state index contributed by atoms with van der Waals surface area (Å²) in [5.41, 5.74) is -6.87. The Morgan fingerprint density at radius 2 is 1.64 bits per heavy atom. The number of hydrogen-bond acceptors (Lipinski definition) is 5. The number of nitriles is 2. The van der Waals surface area contributed by atoms with E-state index in [-0.39, 0.29) is 24.1 Å². The van der Waals surface area contributed by atoms with Crippen molar-refractivity contribution in [1.29, 1.82) is 10.5 Å². The first-order valence-electron chi connectivity index (χ1n) is 7.78. The van der Waals surface area contributed by atoms with Crippen LogP contribution in [-0.2, 0) is 9.84 Å². The summed E-state index contributed by atoms with van der Waals surface area (Å²) >= 11 is 0. The first-order valence-corrected chi connectivity index (χ1v) is 9.26. The van der Waals surface area contributed by atoms with Crippen molar-refractivity contribution in [2.75, 3.05) is 13.1 Å². The number of hydrogen-bond donors (Lipinski definition) is 0. The molecule has 0 amide bonds. The zero-order valence-corrected chi connectivity index (χ0v) is 14.8. The maximum atomic E-state index is 13.3. The van der Waals surface area contributed by atoms with Gasteiger partial charge in [-0.3, -0.25) is 0 Å². The molecule has 0 bridgehead atoms. The molecule has 25 heavy (non-hydrogen) atoms. The second-order valence-corrected chi connectivity index (χ2v) is 8.89. The zero-order chi connectivity index (χ0) is 19.0. The van der Waals surface area contributed by atoms with E-state index >= 15 is 0 Å². The van der Waals surface area contributed by atoms with Crippen molar-refractivity contribution >= 4 is 9.84 Å². The highest BCUT2D eigenvalue weighted by Crippen LogP contribution is 2.49. The Labute approximate surface area is 144 Å². The van der Waals surface area contributed by atoms with Gasteiger partial charge in [-0.25, -0.2) is 8.42 Å². The van der Waals surface area contributed by atoms with Gasteiger partial charge in [0.25, 0.3) is 9.84 Å². The molecule has 0 unspecified atom stereocenters. The Morgan fingerprint density at radius 1 is 1.12 bits per heavy atom. The summed E-state index contributed by atoms with van der Waals surface area (Å²) in [7, 11) is -5.67. The monoisotopic (exact) mass is 373 g/mol. The van der Waals surface area contributed by atoms with Gasteiger partial charge in [0, 0.05) is 24.4 Å². The smallest absolute Gasteiger partial charge is 0.374 e. The Balaban J connectivity index is 2.88. The fourth-order valence-electron chi connectivity index (χ4n) is 3.37. The minimum atomic E-state index is -5.67. The molecule has 0 atom stereocenters. The molecule has 2 aliphatic rings. The maximum absolute atomic E-state index is 13.3. The third-order valence-corrected chi connectivity index (χ3v) is 6.05. The van der Waals surface area contributed by atoms with Crippen molar-refractivity contribution in [3.8, 4) is 12.1 Å². The van der Waals surface area contributed by atoms with Gasteiger partial charge < -0.3 is 4.90 Å². The molecule has 1 saturated heterocycles. The number of likely N-dealkylation sites (tertiary alicyclic amines) is 1. The summed E-state index contributed by atoms with van der Waals surface area (Å²) < 4.78 is 64.4. The highest BCUT2D eigenvalue weighted by Gasteiger charge is 2.53. The van der Waals surface area contributed by atoms with Crippen molar-refractivity contribution in [1.82, 2.24) is 4.90 Å². The molecule has 2 rings (SSSR count). The topological polar surface area (TPSA) is 85.0 Å². The molecule has 136 valence electrons. The average Bonchev–Trinajstić information content (AvgIpc) is 2.99. The van der Waals surface area contributed by atoms with Crippen LogP contribution in [0.3, 0.4) is 0 Å². The summed E-state index contributed by atoms with van der Waals surface area (Å²) in [5, 5.41) is 18.3. The second kappa shape index (κ2) is 6.38. The molecule has 0 saturated carbocycles. The SMILES string of the molecule is CC1(C)CC(=C(C#N)C#N)C(S(=O)(=O)C(F)(F)F)=C(N2CCCC2)C1. The lowest BCUT2D eigenvalue weighted by molar-refractivity contribution is -0.0427. The van der Waals surface area contributed by atoms with Gasteiger partial charge in [-0.1, -0.05) is 13.8 Å². The number of rotatable bonds is 2. The van der Waals surface area contributed by atoms with Crippen LogP contribution in [0.4, 0.5) is 13.2 Å². The predicted octanol–water partition coefficient (Wildman–Crippen LogP) is 3.39. The first kappa shape index (κ1) is 19.3. The molecule has 0 aromatic carbocycles. The number of sulfone groups is 1. The minimum absolute atomic E-state index is 0.0732. The van der Waals surface area contributed by atoms with Crippen molar-refractivity contribution < 1.29 is 21.6 Å². The Bertz CT molecular complexity index is 802. The summed E-state index contributed by atoms with van der Waals surface area (Å²) in [6.07, 6.45) is 1.58. The lowest BCUT2D eigenvalue weighted by atomic mass is 9.75. The average molecular weight is 373 g/mol. The van der Waals surface area contributed by atoms with E-state index in [0.717, 1.165) is 12.8 Å². The molecule has 1 aliphatic heterocycles. The molecular weight excluding hydrogens is 355 g/mol. The van der Waals surface area contributed by atoms with Gasteiger partial charge >= 0.3 is 5.51 Å². The van der Waals surface area contributed by atoms with E-state index in [4.69, 9.17) is 10.5 Å². The van der Waals surface area contributed by atoms with Crippen molar-refractivity contribution in [3.63, 3.8) is 0 Å². The van der Waals surface area contributed by atoms with Crippen molar-refractivity contribution in [2.24, 2.45) is 5.41 Å². The molecular formula is C16H18F3N3O2S. The standard InChI is InChI=1S/C16H18F3N3O2S/c1-15(2)7-12(11(9-20)10-21)14(25(23,24)16(17,18)19)13(8-15)22-5-3-4-6-22/h3-8H2,1-2H3. The van der Waals surface area contributed by atoms with Crippen LogP contribution in [0.1, 0.15) is 39.5 Å².